The lowest BCUT2D eigenvalue weighted by molar-refractivity contribution is 0.172. The van der Waals surface area contributed by atoms with Gasteiger partial charge in [0.2, 0.25) is 6.79 Å². The van der Waals surface area contributed by atoms with Crippen LogP contribution in [0, 0.1) is 5.82 Å². The summed E-state index contributed by atoms with van der Waals surface area (Å²) >= 11 is 0. The van der Waals surface area contributed by atoms with Crippen LogP contribution in [0.5, 0.6) is 11.5 Å². The zero-order valence-corrected chi connectivity index (χ0v) is 18.9. The molecule has 1 aliphatic carbocycles. The van der Waals surface area contributed by atoms with Gasteiger partial charge in [0.1, 0.15) is 5.82 Å². The fourth-order valence-corrected chi connectivity index (χ4v) is 4.76. The molecule has 0 spiro atoms. The predicted molar refractivity (Wildman–Crippen MR) is 127 cm³/mol. The number of benzene rings is 2. The molecule has 0 radical (unpaired) electrons. The maximum absolute atomic E-state index is 13.8. The lowest BCUT2D eigenvalue weighted by Crippen LogP contribution is -2.51. The number of piperazine rings is 1. The second-order valence-corrected chi connectivity index (χ2v) is 9.05. The molecule has 2 fully saturated rings. The number of hydrogen-bond donors (Lipinski definition) is 2. The molecule has 2 atom stereocenters. The monoisotopic (exact) mass is 453 g/mol. The highest BCUT2D eigenvalue weighted by atomic mass is 19.1. The van der Waals surface area contributed by atoms with Gasteiger partial charge in [-0.1, -0.05) is 25.0 Å². The molecule has 2 aromatic rings. The molecule has 3 N–H and O–H groups in total. The van der Waals surface area contributed by atoms with Crippen LogP contribution in [0.3, 0.4) is 0 Å². The van der Waals surface area contributed by atoms with Gasteiger partial charge in [-0.15, -0.1) is 0 Å². The van der Waals surface area contributed by atoms with Crippen molar-refractivity contribution in [3.05, 3.63) is 53.8 Å². The van der Waals surface area contributed by atoms with Crippen LogP contribution in [0.2, 0.25) is 0 Å². The largest absolute Gasteiger partial charge is 0.454 e. The molecule has 7 nitrogen and oxygen atoms in total. The van der Waals surface area contributed by atoms with Gasteiger partial charge in [-0.05, 0) is 48.7 Å². The first-order valence-electron chi connectivity index (χ1n) is 11.9. The SMILES string of the molecule is N[C@H]1CCCC[C@@H]1N=C(Nc1cccc(F)c1)N1CCN(Cc2ccc3c(c2)OCO3)CC1. The summed E-state index contributed by atoms with van der Waals surface area (Å²) in [4.78, 5) is 9.75. The summed E-state index contributed by atoms with van der Waals surface area (Å²) in [6, 6.07) is 12.9. The van der Waals surface area contributed by atoms with Gasteiger partial charge >= 0.3 is 0 Å². The average Bonchev–Trinajstić information content (AvgIpc) is 3.29. The van der Waals surface area contributed by atoms with E-state index in [1.807, 2.05) is 12.1 Å². The molecule has 33 heavy (non-hydrogen) atoms. The van der Waals surface area contributed by atoms with E-state index < -0.39 is 0 Å². The third-order valence-corrected chi connectivity index (χ3v) is 6.67. The molecule has 8 heteroatoms. The van der Waals surface area contributed by atoms with Crippen LogP contribution >= 0.6 is 0 Å². The number of nitrogens with one attached hydrogen (secondary N) is 1. The molecular formula is C25H32FN5O2. The maximum Gasteiger partial charge on any atom is 0.231 e. The van der Waals surface area contributed by atoms with Crippen LogP contribution in [-0.2, 0) is 6.54 Å². The highest BCUT2D eigenvalue weighted by Crippen LogP contribution is 2.33. The van der Waals surface area contributed by atoms with Crippen molar-refractivity contribution in [3.63, 3.8) is 0 Å². The molecule has 5 rings (SSSR count). The Labute approximate surface area is 194 Å². The number of hydrogen-bond acceptors (Lipinski definition) is 5. The van der Waals surface area contributed by atoms with Crippen LogP contribution in [0.4, 0.5) is 10.1 Å². The van der Waals surface area contributed by atoms with E-state index in [2.05, 4.69) is 27.2 Å². The molecule has 0 unspecified atom stereocenters. The van der Waals surface area contributed by atoms with Gasteiger partial charge in [-0.3, -0.25) is 4.90 Å². The van der Waals surface area contributed by atoms with E-state index in [4.69, 9.17) is 20.2 Å². The molecule has 3 aliphatic rings. The van der Waals surface area contributed by atoms with E-state index in [1.54, 1.807) is 6.07 Å². The van der Waals surface area contributed by atoms with Crippen LogP contribution in [0.1, 0.15) is 31.2 Å². The Hall–Kier alpha value is -2.84. The molecule has 176 valence electrons. The average molecular weight is 454 g/mol. The zero-order chi connectivity index (χ0) is 22.6. The number of nitrogens with zero attached hydrogens (tertiary/aromatic N) is 3. The zero-order valence-electron chi connectivity index (χ0n) is 18.9. The molecule has 2 aromatic carbocycles. The minimum atomic E-state index is -0.262. The lowest BCUT2D eigenvalue weighted by atomic mass is 9.91. The van der Waals surface area contributed by atoms with E-state index in [0.717, 1.165) is 69.4 Å². The van der Waals surface area contributed by atoms with Crippen LogP contribution in [0.15, 0.2) is 47.5 Å². The molecular weight excluding hydrogens is 421 g/mol. The molecule has 1 saturated heterocycles. The third kappa shape index (κ3) is 5.39. The van der Waals surface area contributed by atoms with E-state index >= 15 is 0 Å². The second-order valence-electron chi connectivity index (χ2n) is 9.05. The Balaban J connectivity index is 1.26. The van der Waals surface area contributed by atoms with Crippen molar-refractivity contribution in [1.29, 1.82) is 0 Å². The quantitative estimate of drug-likeness (QED) is 0.546. The van der Waals surface area contributed by atoms with Crippen molar-refractivity contribution in [3.8, 4) is 11.5 Å². The van der Waals surface area contributed by atoms with Gasteiger partial charge < -0.3 is 25.4 Å². The van der Waals surface area contributed by atoms with E-state index in [9.17, 15) is 4.39 Å². The number of fused-ring (bicyclic) bond motifs is 1. The normalized spacial score (nSPS) is 23.6. The van der Waals surface area contributed by atoms with Crippen molar-refractivity contribution in [2.45, 2.75) is 44.3 Å². The number of halogens is 1. The summed E-state index contributed by atoms with van der Waals surface area (Å²) in [6.07, 6.45) is 4.32. The highest BCUT2D eigenvalue weighted by molar-refractivity contribution is 5.94. The summed E-state index contributed by atoms with van der Waals surface area (Å²) in [7, 11) is 0. The summed E-state index contributed by atoms with van der Waals surface area (Å²) in [5.74, 6) is 2.17. The first kappa shape index (κ1) is 22.0. The Kier molecular flexibility index (Phi) is 6.64. The van der Waals surface area contributed by atoms with Gasteiger partial charge in [-0.2, -0.15) is 0 Å². The second kappa shape index (κ2) is 9.97. The smallest absolute Gasteiger partial charge is 0.231 e. The Morgan fingerprint density at radius 2 is 1.85 bits per heavy atom. The molecule has 0 aromatic heterocycles. The Morgan fingerprint density at radius 3 is 2.67 bits per heavy atom. The van der Waals surface area contributed by atoms with Gasteiger partial charge in [0, 0.05) is 44.5 Å². The van der Waals surface area contributed by atoms with Crippen LogP contribution in [0.25, 0.3) is 0 Å². The molecule has 2 aliphatic heterocycles. The first-order chi connectivity index (χ1) is 16.1. The summed E-state index contributed by atoms with van der Waals surface area (Å²) in [5.41, 5.74) is 8.30. The van der Waals surface area contributed by atoms with Crippen LogP contribution < -0.4 is 20.5 Å². The Bertz CT molecular complexity index is 993. The topological polar surface area (TPSA) is 75.4 Å². The van der Waals surface area contributed by atoms with Gasteiger partial charge in [0.15, 0.2) is 17.5 Å². The van der Waals surface area contributed by atoms with Crippen molar-refractivity contribution < 1.29 is 13.9 Å². The van der Waals surface area contributed by atoms with E-state index in [-0.39, 0.29) is 17.9 Å². The fourth-order valence-electron chi connectivity index (χ4n) is 4.76. The number of aliphatic imine (C=N–C) groups is 1. The predicted octanol–water partition coefficient (Wildman–Crippen LogP) is 3.41. The fraction of sp³-hybridized carbons (Fsp3) is 0.480. The van der Waals surface area contributed by atoms with Crippen molar-refractivity contribution >= 4 is 11.6 Å². The first-order valence-corrected chi connectivity index (χ1v) is 11.9. The number of guanidine groups is 1. The van der Waals surface area contributed by atoms with Crippen molar-refractivity contribution in [2.24, 2.45) is 10.7 Å². The summed E-state index contributed by atoms with van der Waals surface area (Å²) in [5, 5.41) is 3.38. The van der Waals surface area contributed by atoms with Crippen molar-refractivity contribution in [1.82, 2.24) is 9.80 Å². The van der Waals surface area contributed by atoms with Crippen LogP contribution in [-0.4, -0.2) is 60.8 Å². The number of ether oxygens (including phenoxy) is 2. The minimum absolute atomic E-state index is 0.0790. The Morgan fingerprint density at radius 1 is 1.03 bits per heavy atom. The van der Waals surface area contributed by atoms with Gasteiger partial charge in [0.05, 0.1) is 6.04 Å². The van der Waals surface area contributed by atoms with E-state index in [1.165, 1.54) is 24.1 Å². The third-order valence-electron chi connectivity index (χ3n) is 6.67. The number of nitrogens with two attached hydrogens (primary N) is 1. The standard InChI is InChI=1S/C25H32FN5O2/c26-19-4-3-5-20(15-19)28-25(29-22-7-2-1-6-21(22)27)31-12-10-30(11-13-31)16-18-8-9-23-24(14-18)33-17-32-23/h3-5,8-9,14-15,21-22H,1-2,6-7,10-13,16-17,27H2,(H,28,29)/t21-,22-/m0/s1. The van der Waals surface area contributed by atoms with Crippen molar-refractivity contribution in [2.75, 3.05) is 38.3 Å². The molecule has 2 heterocycles. The number of anilines is 1. The summed E-state index contributed by atoms with van der Waals surface area (Å²) in [6.45, 7) is 4.66. The van der Waals surface area contributed by atoms with Gasteiger partial charge in [0.25, 0.3) is 0 Å². The molecule has 0 bridgehead atoms. The maximum atomic E-state index is 13.8. The summed E-state index contributed by atoms with van der Waals surface area (Å²) < 4.78 is 24.7. The molecule has 0 amide bonds. The number of rotatable bonds is 4. The highest BCUT2D eigenvalue weighted by Gasteiger charge is 2.25. The van der Waals surface area contributed by atoms with E-state index in [0.29, 0.717) is 12.5 Å². The van der Waals surface area contributed by atoms with Gasteiger partial charge in [-0.25, -0.2) is 9.38 Å². The minimum Gasteiger partial charge on any atom is -0.454 e. The molecule has 1 saturated carbocycles. The lowest BCUT2D eigenvalue weighted by Gasteiger charge is -2.37.